The molecular weight excluding hydrogens is 589 g/mol. The summed E-state index contributed by atoms with van der Waals surface area (Å²) in [5.74, 6) is 0. The zero-order valence-electron chi connectivity index (χ0n) is 21.4. The molecule has 1 N–H and O–H groups in total. The van der Waals surface area contributed by atoms with E-state index < -0.39 is 19.9 Å². The van der Waals surface area contributed by atoms with E-state index in [4.69, 9.17) is 23.2 Å². The van der Waals surface area contributed by atoms with Crippen molar-refractivity contribution in [1.29, 1.82) is 0 Å². The molecule has 7 nitrogen and oxygen atoms in total. The second kappa shape index (κ2) is 11.8. The van der Waals surface area contributed by atoms with E-state index in [9.17, 15) is 16.8 Å². The standard InChI is InChI=1S/C29H27Cl2N3O4S2/c30-25-15-16-27(32-40(37,38)23-11-5-2-6-12-23)29(39(35,36)28-14-8-7-13-26(28)31)24(25)21-33-17-19-34(20-18-33)22-9-3-1-4-10-22/h1-16,32H,17-21H2. The third kappa shape index (κ3) is 5.99. The number of nitrogens with one attached hydrogen (secondary N) is 1. The van der Waals surface area contributed by atoms with Gasteiger partial charge in [0.1, 0.15) is 4.90 Å². The van der Waals surface area contributed by atoms with Crippen molar-refractivity contribution in [2.75, 3.05) is 35.8 Å². The Morgan fingerprint density at radius 3 is 1.93 bits per heavy atom. The van der Waals surface area contributed by atoms with Gasteiger partial charge in [-0.3, -0.25) is 9.62 Å². The summed E-state index contributed by atoms with van der Waals surface area (Å²) in [6.07, 6.45) is 0. The number of para-hydroxylation sites is 1. The lowest BCUT2D eigenvalue weighted by molar-refractivity contribution is 0.248. The number of hydrogen-bond acceptors (Lipinski definition) is 6. The van der Waals surface area contributed by atoms with E-state index in [-0.39, 0.29) is 37.0 Å². The van der Waals surface area contributed by atoms with Crippen LogP contribution in [0.5, 0.6) is 0 Å². The van der Waals surface area contributed by atoms with Crippen molar-refractivity contribution in [3.05, 3.63) is 113 Å². The van der Waals surface area contributed by atoms with Crippen molar-refractivity contribution in [2.24, 2.45) is 0 Å². The van der Waals surface area contributed by atoms with Crippen LogP contribution in [0.1, 0.15) is 5.56 Å². The van der Waals surface area contributed by atoms with Gasteiger partial charge in [0.2, 0.25) is 9.84 Å². The second-order valence-corrected chi connectivity index (χ2v) is 13.7. The first-order valence-corrected chi connectivity index (χ1v) is 16.3. The normalized spacial score (nSPS) is 14.7. The lowest BCUT2D eigenvalue weighted by atomic mass is 10.1. The monoisotopic (exact) mass is 615 g/mol. The summed E-state index contributed by atoms with van der Waals surface area (Å²) in [5.41, 5.74) is 1.34. The van der Waals surface area contributed by atoms with Crippen LogP contribution in [0.3, 0.4) is 0 Å². The maximum Gasteiger partial charge on any atom is 0.261 e. The number of piperazine rings is 1. The van der Waals surface area contributed by atoms with Gasteiger partial charge >= 0.3 is 0 Å². The van der Waals surface area contributed by atoms with E-state index in [0.29, 0.717) is 18.7 Å². The summed E-state index contributed by atoms with van der Waals surface area (Å²) in [6.45, 7) is 3.03. The Kier molecular flexibility index (Phi) is 8.39. The minimum Gasteiger partial charge on any atom is -0.369 e. The number of benzene rings is 4. The van der Waals surface area contributed by atoms with Gasteiger partial charge in [0.05, 0.1) is 20.5 Å². The average molecular weight is 617 g/mol. The highest BCUT2D eigenvalue weighted by atomic mass is 35.5. The molecule has 5 rings (SSSR count). The summed E-state index contributed by atoms with van der Waals surface area (Å²) in [5, 5.41) is 0.251. The van der Waals surface area contributed by atoms with E-state index in [1.54, 1.807) is 30.3 Å². The van der Waals surface area contributed by atoms with Crippen LogP contribution in [0.15, 0.2) is 112 Å². The predicted octanol–water partition coefficient (Wildman–Crippen LogP) is 5.95. The molecule has 4 aromatic carbocycles. The van der Waals surface area contributed by atoms with Crippen molar-refractivity contribution in [2.45, 2.75) is 21.2 Å². The van der Waals surface area contributed by atoms with Crippen molar-refractivity contribution >= 4 is 54.4 Å². The van der Waals surface area contributed by atoms with Crippen LogP contribution in [-0.2, 0) is 26.4 Å². The number of anilines is 2. The Balaban J connectivity index is 1.55. The Morgan fingerprint density at radius 1 is 0.675 bits per heavy atom. The molecule has 1 aliphatic rings. The lowest BCUT2D eigenvalue weighted by Crippen LogP contribution is -2.46. The summed E-state index contributed by atoms with van der Waals surface area (Å²) < 4.78 is 57.3. The predicted molar refractivity (Wildman–Crippen MR) is 160 cm³/mol. The summed E-state index contributed by atoms with van der Waals surface area (Å²) in [6, 6.07) is 26.8. The first-order chi connectivity index (χ1) is 19.2. The summed E-state index contributed by atoms with van der Waals surface area (Å²) in [7, 11) is -8.39. The number of hydrogen-bond donors (Lipinski definition) is 1. The molecule has 0 aliphatic carbocycles. The van der Waals surface area contributed by atoms with Crippen LogP contribution in [0.2, 0.25) is 10.0 Å². The topological polar surface area (TPSA) is 86.8 Å². The molecular formula is C29H27Cl2N3O4S2. The van der Waals surface area contributed by atoms with Crippen molar-refractivity contribution in [1.82, 2.24) is 4.90 Å². The highest BCUT2D eigenvalue weighted by molar-refractivity contribution is 7.93. The van der Waals surface area contributed by atoms with Gasteiger partial charge in [0.25, 0.3) is 10.0 Å². The molecule has 0 aromatic heterocycles. The third-order valence-electron chi connectivity index (χ3n) is 6.77. The maximum absolute atomic E-state index is 14.1. The Labute approximate surface area is 244 Å². The van der Waals surface area contributed by atoms with E-state index in [1.165, 1.54) is 36.4 Å². The molecule has 40 heavy (non-hydrogen) atoms. The number of sulfone groups is 1. The number of rotatable bonds is 8. The zero-order valence-corrected chi connectivity index (χ0v) is 24.5. The number of halogens is 2. The van der Waals surface area contributed by atoms with Gasteiger partial charge in [-0.15, -0.1) is 0 Å². The molecule has 0 saturated carbocycles. The van der Waals surface area contributed by atoms with Gasteiger partial charge in [-0.1, -0.05) is 71.7 Å². The fraction of sp³-hybridized carbons (Fsp3) is 0.172. The molecule has 1 heterocycles. The molecule has 0 atom stereocenters. The molecule has 0 bridgehead atoms. The Bertz CT molecular complexity index is 1710. The second-order valence-electron chi connectivity index (χ2n) is 9.35. The molecule has 0 amide bonds. The molecule has 1 saturated heterocycles. The van der Waals surface area contributed by atoms with Crippen molar-refractivity contribution < 1.29 is 16.8 Å². The Hall–Kier alpha value is -3.08. The highest BCUT2D eigenvalue weighted by Crippen LogP contribution is 2.39. The molecule has 4 aromatic rings. The van der Waals surface area contributed by atoms with Crippen LogP contribution >= 0.6 is 23.2 Å². The van der Waals surface area contributed by atoms with E-state index in [1.807, 2.05) is 18.2 Å². The quantitative estimate of drug-likeness (QED) is 0.264. The molecule has 0 unspecified atom stereocenters. The van der Waals surface area contributed by atoms with E-state index >= 15 is 0 Å². The fourth-order valence-electron chi connectivity index (χ4n) is 4.74. The molecule has 1 fully saturated rings. The van der Waals surface area contributed by atoms with Crippen LogP contribution in [0.4, 0.5) is 11.4 Å². The van der Waals surface area contributed by atoms with Gasteiger partial charge in [0, 0.05) is 49.0 Å². The first-order valence-electron chi connectivity index (χ1n) is 12.6. The number of sulfonamides is 1. The van der Waals surface area contributed by atoms with Crippen LogP contribution in [0.25, 0.3) is 0 Å². The molecule has 0 radical (unpaired) electrons. The largest absolute Gasteiger partial charge is 0.369 e. The van der Waals surface area contributed by atoms with Crippen LogP contribution in [-0.4, -0.2) is 47.9 Å². The first kappa shape index (κ1) is 28.4. The average Bonchev–Trinajstić information content (AvgIpc) is 2.96. The third-order valence-corrected chi connectivity index (χ3v) is 10.9. The van der Waals surface area contributed by atoms with E-state index in [2.05, 4.69) is 26.7 Å². The van der Waals surface area contributed by atoms with E-state index in [0.717, 1.165) is 18.8 Å². The maximum atomic E-state index is 14.1. The fourth-order valence-corrected chi connectivity index (χ4v) is 8.32. The van der Waals surface area contributed by atoms with Crippen LogP contribution < -0.4 is 9.62 Å². The minimum absolute atomic E-state index is 0.00428. The minimum atomic E-state index is -4.29. The van der Waals surface area contributed by atoms with Gasteiger partial charge < -0.3 is 4.90 Å². The zero-order chi connectivity index (χ0) is 28.3. The smallest absolute Gasteiger partial charge is 0.261 e. The lowest BCUT2D eigenvalue weighted by Gasteiger charge is -2.36. The Morgan fingerprint density at radius 2 is 1.27 bits per heavy atom. The van der Waals surface area contributed by atoms with Crippen molar-refractivity contribution in [3.8, 4) is 0 Å². The van der Waals surface area contributed by atoms with Gasteiger partial charge in [-0.25, -0.2) is 16.8 Å². The highest BCUT2D eigenvalue weighted by Gasteiger charge is 2.32. The summed E-state index contributed by atoms with van der Waals surface area (Å²) in [4.78, 5) is 4.04. The molecule has 208 valence electrons. The van der Waals surface area contributed by atoms with Gasteiger partial charge in [-0.05, 0) is 48.5 Å². The molecule has 1 aliphatic heterocycles. The number of nitrogens with zero attached hydrogens (tertiary/aromatic N) is 2. The van der Waals surface area contributed by atoms with Crippen molar-refractivity contribution in [3.63, 3.8) is 0 Å². The SMILES string of the molecule is O=S(=O)(Nc1ccc(Cl)c(CN2CCN(c3ccccc3)CC2)c1S(=O)(=O)c1ccccc1Cl)c1ccccc1. The van der Waals surface area contributed by atoms with Crippen LogP contribution in [0, 0.1) is 0 Å². The van der Waals surface area contributed by atoms with Gasteiger partial charge in [0.15, 0.2) is 0 Å². The van der Waals surface area contributed by atoms with Gasteiger partial charge in [-0.2, -0.15) is 0 Å². The summed E-state index contributed by atoms with van der Waals surface area (Å²) >= 11 is 13.0. The molecule has 0 spiro atoms. The molecule has 11 heteroatoms.